The van der Waals surface area contributed by atoms with Gasteiger partial charge in [-0.15, -0.1) is 0 Å². The minimum Gasteiger partial charge on any atom is -0.480 e. The van der Waals surface area contributed by atoms with E-state index in [2.05, 4.69) is 18.7 Å². The van der Waals surface area contributed by atoms with E-state index in [4.69, 9.17) is 27.9 Å². The van der Waals surface area contributed by atoms with Crippen molar-refractivity contribution >= 4 is 29.2 Å². The predicted molar refractivity (Wildman–Crippen MR) is 95.9 cm³/mol. The molecule has 0 bridgehead atoms. The van der Waals surface area contributed by atoms with Gasteiger partial charge < -0.3 is 9.84 Å². The molecule has 1 aromatic rings. The molecule has 0 amide bonds. The van der Waals surface area contributed by atoms with Crippen LogP contribution < -0.4 is 0 Å². The van der Waals surface area contributed by atoms with E-state index in [1.165, 1.54) is 0 Å². The molecule has 0 aliphatic carbocycles. The van der Waals surface area contributed by atoms with Crippen molar-refractivity contribution < 1.29 is 14.6 Å². The summed E-state index contributed by atoms with van der Waals surface area (Å²) in [6.45, 7) is 7.75. The lowest BCUT2D eigenvalue weighted by atomic mass is 10.0. The fourth-order valence-corrected chi connectivity index (χ4v) is 3.66. The van der Waals surface area contributed by atoms with E-state index in [1.54, 1.807) is 25.3 Å². The van der Waals surface area contributed by atoms with Crippen molar-refractivity contribution in [2.24, 2.45) is 0 Å². The number of methoxy groups -OCH3 is 1. The summed E-state index contributed by atoms with van der Waals surface area (Å²) in [6, 6.07) is 4.34. The largest absolute Gasteiger partial charge is 0.480 e. The maximum absolute atomic E-state index is 11.9. The Bertz CT molecular complexity index is 587. The Balaban J connectivity index is 2.15. The van der Waals surface area contributed by atoms with Gasteiger partial charge in [-0.2, -0.15) is 0 Å². The van der Waals surface area contributed by atoms with Crippen LogP contribution in [0.25, 0.3) is 0 Å². The van der Waals surface area contributed by atoms with Gasteiger partial charge in [-0.3, -0.25) is 14.6 Å². The van der Waals surface area contributed by atoms with Crippen molar-refractivity contribution in [1.82, 2.24) is 9.80 Å². The average Bonchev–Trinajstić information content (AvgIpc) is 2.52. The summed E-state index contributed by atoms with van der Waals surface area (Å²) in [5, 5.41) is 10.4. The van der Waals surface area contributed by atoms with Crippen LogP contribution in [0.5, 0.6) is 0 Å². The summed E-state index contributed by atoms with van der Waals surface area (Å²) in [6.07, 6.45) is 0. The molecule has 0 saturated carbocycles. The first-order valence-electron chi connectivity index (χ1n) is 7.92. The molecule has 1 N–H and O–H groups in total. The summed E-state index contributed by atoms with van der Waals surface area (Å²) in [5.41, 5.74) is 0.467. The molecule has 2 rings (SSSR count). The highest BCUT2D eigenvalue weighted by molar-refractivity contribution is 6.42. The molecule has 1 unspecified atom stereocenters. The number of halogens is 2. The Morgan fingerprint density at radius 2 is 1.92 bits per heavy atom. The number of hydrogen-bond acceptors (Lipinski definition) is 4. The lowest BCUT2D eigenvalue weighted by Crippen LogP contribution is -2.57. The minimum atomic E-state index is -0.913. The molecule has 24 heavy (non-hydrogen) atoms. The molecule has 1 atom stereocenters. The second-order valence-corrected chi connectivity index (χ2v) is 7.44. The fourth-order valence-electron chi connectivity index (χ4n) is 3.25. The quantitative estimate of drug-likeness (QED) is 0.828. The number of aliphatic carboxylic acids is 1. The van der Waals surface area contributed by atoms with E-state index in [0.717, 1.165) is 13.1 Å². The van der Waals surface area contributed by atoms with Gasteiger partial charge in [0, 0.05) is 44.4 Å². The third kappa shape index (κ3) is 4.21. The Kier molecular flexibility index (Phi) is 6.51. The second kappa shape index (κ2) is 8.02. The lowest BCUT2D eigenvalue weighted by molar-refractivity contribution is -0.144. The lowest BCUT2D eigenvalue weighted by Gasteiger charge is -2.45. The standard InChI is InChI=1S/C17H24Cl2N2O3/c1-17(2,11-24-3)21-9-7-20(8-10-21)15(16(22)23)12-5-4-6-13(18)14(12)19/h4-6,15H,7-11H2,1-3H3,(H,22,23). The molecule has 7 heteroatoms. The summed E-state index contributed by atoms with van der Waals surface area (Å²) >= 11 is 12.3. The Hall–Kier alpha value is -0.850. The van der Waals surface area contributed by atoms with Crippen molar-refractivity contribution in [1.29, 1.82) is 0 Å². The van der Waals surface area contributed by atoms with Gasteiger partial charge >= 0.3 is 5.97 Å². The monoisotopic (exact) mass is 374 g/mol. The molecule has 1 aromatic carbocycles. The molecule has 5 nitrogen and oxygen atoms in total. The zero-order valence-corrected chi connectivity index (χ0v) is 15.8. The van der Waals surface area contributed by atoms with Crippen LogP contribution >= 0.6 is 23.2 Å². The average molecular weight is 375 g/mol. The van der Waals surface area contributed by atoms with Gasteiger partial charge in [-0.05, 0) is 19.9 Å². The van der Waals surface area contributed by atoms with E-state index in [-0.39, 0.29) is 5.54 Å². The minimum absolute atomic E-state index is 0.0761. The first-order chi connectivity index (χ1) is 11.3. The van der Waals surface area contributed by atoms with Crippen LogP contribution in [0, 0.1) is 0 Å². The highest BCUT2D eigenvalue weighted by atomic mass is 35.5. The van der Waals surface area contributed by atoms with Gasteiger partial charge in [0.25, 0.3) is 0 Å². The molecule has 0 aromatic heterocycles. The summed E-state index contributed by atoms with van der Waals surface area (Å²) in [7, 11) is 1.69. The van der Waals surface area contributed by atoms with Crippen molar-refractivity contribution in [2.75, 3.05) is 39.9 Å². The van der Waals surface area contributed by atoms with Gasteiger partial charge in [0.1, 0.15) is 6.04 Å². The normalized spacial score (nSPS) is 18.5. The van der Waals surface area contributed by atoms with Gasteiger partial charge in [-0.1, -0.05) is 35.3 Å². The molecule has 0 spiro atoms. The number of carbonyl (C=O) groups is 1. The molecular formula is C17H24Cl2N2O3. The van der Waals surface area contributed by atoms with Gasteiger partial charge in [0.2, 0.25) is 0 Å². The van der Waals surface area contributed by atoms with Crippen LogP contribution in [-0.4, -0.2) is 66.3 Å². The Labute approximate surface area is 153 Å². The molecule has 1 aliphatic rings. The van der Waals surface area contributed by atoms with Crippen molar-refractivity contribution in [2.45, 2.75) is 25.4 Å². The SMILES string of the molecule is COCC(C)(C)N1CCN(C(C(=O)O)c2cccc(Cl)c2Cl)CC1. The van der Waals surface area contributed by atoms with Crippen molar-refractivity contribution in [3.8, 4) is 0 Å². The maximum atomic E-state index is 11.9. The topological polar surface area (TPSA) is 53.0 Å². The van der Waals surface area contributed by atoms with Gasteiger partial charge in [-0.25, -0.2) is 0 Å². The molecule has 1 saturated heterocycles. The van der Waals surface area contributed by atoms with Crippen molar-refractivity contribution in [3.05, 3.63) is 33.8 Å². The van der Waals surface area contributed by atoms with Gasteiger partial charge in [0.05, 0.1) is 16.7 Å². The summed E-state index contributed by atoms with van der Waals surface area (Å²) in [5.74, 6) is -0.913. The molecule has 1 fully saturated rings. The molecule has 134 valence electrons. The number of benzene rings is 1. The van der Waals surface area contributed by atoms with Crippen molar-refractivity contribution in [3.63, 3.8) is 0 Å². The van der Waals surface area contributed by atoms with E-state index in [0.29, 0.717) is 35.3 Å². The number of piperazine rings is 1. The van der Waals surface area contributed by atoms with Crippen LogP contribution in [0.3, 0.4) is 0 Å². The number of carboxylic acid groups (broad SMARTS) is 1. The third-order valence-electron chi connectivity index (χ3n) is 4.54. The fraction of sp³-hybridized carbons (Fsp3) is 0.588. The van der Waals surface area contributed by atoms with Crippen LogP contribution in [0.15, 0.2) is 18.2 Å². The number of rotatable bonds is 6. The second-order valence-electron chi connectivity index (χ2n) is 6.65. The van der Waals surface area contributed by atoms with E-state index < -0.39 is 12.0 Å². The third-order valence-corrected chi connectivity index (χ3v) is 5.38. The van der Waals surface area contributed by atoms with Crippen LogP contribution in [0.4, 0.5) is 0 Å². The molecular weight excluding hydrogens is 351 g/mol. The highest BCUT2D eigenvalue weighted by Gasteiger charge is 2.35. The van der Waals surface area contributed by atoms with Crippen LogP contribution in [0.1, 0.15) is 25.5 Å². The van der Waals surface area contributed by atoms with E-state index in [9.17, 15) is 9.90 Å². The Morgan fingerprint density at radius 1 is 1.29 bits per heavy atom. The van der Waals surface area contributed by atoms with Gasteiger partial charge in [0.15, 0.2) is 0 Å². The van der Waals surface area contributed by atoms with E-state index >= 15 is 0 Å². The summed E-state index contributed by atoms with van der Waals surface area (Å²) in [4.78, 5) is 16.1. The smallest absolute Gasteiger partial charge is 0.325 e. The zero-order valence-electron chi connectivity index (χ0n) is 14.3. The van der Waals surface area contributed by atoms with Crippen LogP contribution in [0.2, 0.25) is 10.0 Å². The Morgan fingerprint density at radius 3 is 2.46 bits per heavy atom. The van der Waals surface area contributed by atoms with Crippen LogP contribution in [-0.2, 0) is 9.53 Å². The zero-order chi connectivity index (χ0) is 17.9. The number of nitrogens with zero attached hydrogens (tertiary/aromatic N) is 2. The predicted octanol–water partition coefficient (Wildman–Crippen LogP) is 3.16. The number of ether oxygens (including phenoxy) is 1. The summed E-state index contributed by atoms with van der Waals surface area (Å²) < 4.78 is 5.29. The molecule has 1 heterocycles. The maximum Gasteiger partial charge on any atom is 0.325 e. The molecule has 1 aliphatic heterocycles. The number of hydrogen-bond donors (Lipinski definition) is 1. The first-order valence-corrected chi connectivity index (χ1v) is 8.68. The van der Waals surface area contributed by atoms with E-state index in [1.807, 2.05) is 4.90 Å². The highest BCUT2D eigenvalue weighted by Crippen LogP contribution is 2.34. The molecule has 0 radical (unpaired) electrons. The number of carboxylic acids is 1. The first kappa shape index (κ1) is 19.5.